The minimum Gasteiger partial charge on any atom is -0.405 e. The number of aliphatic imine (C=N–C) groups is 1. The Morgan fingerprint density at radius 1 is 0.885 bits per heavy atom. The summed E-state index contributed by atoms with van der Waals surface area (Å²) < 4.78 is 0. The lowest BCUT2D eigenvalue weighted by Gasteiger charge is -2.16. The molecule has 0 saturated carbocycles. The van der Waals surface area contributed by atoms with Crippen molar-refractivity contribution < 1.29 is 14.4 Å². The number of primary amides is 1. The summed E-state index contributed by atoms with van der Waals surface area (Å²) in [7, 11) is 4.40. The van der Waals surface area contributed by atoms with Gasteiger partial charge in [0.05, 0.1) is 30.0 Å². The van der Waals surface area contributed by atoms with E-state index in [2.05, 4.69) is 150 Å². The third-order valence-electron chi connectivity index (χ3n) is 11.7. The lowest BCUT2D eigenvalue weighted by Crippen LogP contribution is -2.44. The number of amides is 3. The Labute approximate surface area is 471 Å². The zero-order valence-corrected chi connectivity index (χ0v) is 48.5. The number of thioether (sulfide) groups is 1. The monoisotopic (exact) mass is 1110 g/mol. The van der Waals surface area contributed by atoms with Gasteiger partial charge in [0, 0.05) is 42.8 Å². The van der Waals surface area contributed by atoms with Crippen molar-refractivity contribution in [3.8, 4) is 0 Å². The lowest BCUT2D eigenvalue weighted by molar-refractivity contribution is -0.123. The highest BCUT2D eigenvalue weighted by atomic mass is 32.2. The van der Waals surface area contributed by atoms with Crippen LogP contribution in [0.15, 0.2) is 152 Å². The number of nitrogens with one attached hydrogen (secondary N) is 6. The first-order valence-electron chi connectivity index (χ1n) is 26.3. The number of rotatable bonds is 25. The second-order valence-corrected chi connectivity index (χ2v) is 19.5. The van der Waals surface area contributed by atoms with E-state index in [-0.39, 0.29) is 42.3 Å². The van der Waals surface area contributed by atoms with E-state index >= 15 is 0 Å². The summed E-state index contributed by atoms with van der Waals surface area (Å²) in [4.78, 5) is 48.4. The number of nitrogens with two attached hydrogens (primary N) is 6. The standard InChI is InChI=1S/C19H25N3.C13H19N3OS.C11H17N5O.C8H18N2O.C6H7P.C2H5N/c1-2-15(7-5-6-12-22-19(20)21)13-16-10-11-17-8-3-4-9-18(17)14-16;1-15-11(12(14)17)7-9-8-5-3-4-6-10(8)16-13(9)18-2;1-3-14-10(4-9-6-13-7-16-9)11(17)15-5-8(2)12;1-3-5-6-7(9)8(11)10-4-2;7-6-4-2-1-3-5-6;1-2-3/h2-4,8-11,14-15H,1,5-7,12-13H2,(H4,20,21,22);4,6,11,15-16H,3,5,7H2,1-2H3,(H2,14,17);3,6-7,10,14H,1-2,4-5,12H2,(H,13,16)(H,15,17);7H,3-6,9H2,1-2H3,(H,10,11);1-5H,7H2;2H,1,3H2. The van der Waals surface area contributed by atoms with Crippen LogP contribution in [0.2, 0.25) is 0 Å². The molecule has 2 heterocycles. The number of benzene rings is 3. The number of hydrogen-bond acceptors (Lipinski definition) is 11. The average Bonchev–Trinajstić information content (AvgIpc) is 4.11. The Morgan fingerprint density at radius 3 is 2.13 bits per heavy atom. The summed E-state index contributed by atoms with van der Waals surface area (Å²) in [5, 5.41) is 16.2. The number of nitrogens with zero attached hydrogens (tertiary/aromatic N) is 2. The van der Waals surface area contributed by atoms with Crippen LogP contribution in [0.3, 0.4) is 0 Å². The number of unbranched alkanes of at least 4 members (excludes halogenated alkanes) is 2. The number of allylic oxidation sites excluding steroid dienone is 2. The molecule has 0 saturated heterocycles. The molecule has 1 aliphatic rings. The zero-order chi connectivity index (χ0) is 58.1. The second-order valence-electron chi connectivity index (χ2n) is 18.0. The van der Waals surface area contributed by atoms with E-state index in [1.54, 1.807) is 31.3 Å². The molecular formula is C59H91N14O3PS. The summed E-state index contributed by atoms with van der Waals surface area (Å²) >= 11 is 1.68. The molecule has 18 N–H and O–H groups in total. The number of hydrogen-bond donors (Lipinski definition) is 12. The van der Waals surface area contributed by atoms with Gasteiger partial charge in [-0.15, -0.1) is 27.6 Å². The van der Waals surface area contributed by atoms with Crippen LogP contribution in [0.4, 0.5) is 0 Å². The highest BCUT2D eigenvalue weighted by molar-refractivity contribution is 7.98. The number of aromatic amines is 2. The maximum absolute atomic E-state index is 11.8. The van der Waals surface area contributed by atoms with Gasteiger partial charge in [0.15, 0.2) is 5.96 Å². The minimum atomic E-state index is -0.410. The molecule has 6 rings (SSSR count). The number of likely N-dealkylation sites (N-methyl/N-ethyl adjacent to an activating group) is 2. The van der Waals surface area contributed by atoms with Gasteiger partial charge in [0.25, 0.3) is 0 Å². The quantitative estimate of drug-likeness (QED) is 0.00745. The number of imidazole rings is 1. The number of H-pyrrole nitrogens is 2. The van der Waals surface area contributed by atoms with Crippen LogP contribution in [0, 0.1) is 5.92 Å². The van der Waals surface area contributed by atoms with Gasteiger partial charge in [-0.3, -0.25) is 19.4 Å². The smallest absolute Gasteiger partial charge is 0.243 e. The van der Waals surface area contributed by atoms with Crippen LogP contribution in [0.1, 0.15) is 86.9 Å². The highest BCUT2D eigenvalue weighted by Gasteiger charge is 2.23. The molecule has 19 heteroatoms. The first-order valence-corrected chi connectivity index (χ1v) is 28.1. The van der Waals surface area contributed by atoms with Gasteiger partial charge < -0.3 is 65.6 Å². The van der Waals surface area contributed by atoms with Gasteiger partial charge in [-0.05, 0) is 122 Å². The topological polar surface area (TPSA) is 312 Å². The van der Waals surface area contributed by atoms with Gasteiger partial charge in [0.2, 0.25) is 17.7 Å². The highest BCUT2D eigenvalue weighted by Crippen LogP contribution is 2.31. The molecular weight excluding hydrogens is 1020 g/mol. The number of carbonyl (C=O) groups is 3. The summed E-state index contributed by atoms with van der Waals surface area (Å²) in [6, 6.07) is 24.3. The van der Waals surface area contributed by atoms with Crippen molar-refractivity contribution in [2.75, 3.05) is 32.9 Å². The van der Waals surface area contributed by atoms with E-state index < -0.39 is 6.04 Å². The van der Waals surface area contributed by atoms with Crippen molar-refractivity contribution in [2.24, 2.45) is 45.3 Å². The molecule has 3 aromatic carbocycles. The average molecular weight is 1110 g/mol. The van der Waals surface area contributed by atoms with Gasteiger partial charge >= 0.3 is 0 Å². The minimum absolute atomic E-state index is 0.0269. The van der Waals surface area contributed by atoms with Gasteiger partial charge in [-0.2, -0.15) is 0 Å². The van der Waals surface area contributed by atoms with Crippen molar-refractivity contribution in [1.29, 1.82) is 0 Å². The van der Waals surface area contributed by atoms with Crippen LogP contribution in [-0.4, -0.2) is 89.7 Å². The Balaban J connectivity index is 0.000000499. The van der Waals surface area contributed by atoms with Crippen molar-refractivity contribution >= 4 is 66.8 Å². The van der Waals surface area contributed by atoms with E-state index in [0.717, 1.165) is 68.5 Å². The first-order chi connectivity index (χ1) is 37.5. The van der Waals surface area contributed by atoms with Crippen molar-refractivity contribution in [3.05, 3.63) is 170 Å². The fourth-order valence-corrected chi connectivity index (χ4v) is 8.58. The summed E-state index contributed by atoms with van der Waals surface area (Å²) in [6.45, 7) is 19.8. The SMILES string of the molecule is C=CC(CCCCN=C(N)N)Cc1ccc2ccccc2c1.C=CN.C=CNC(Cc1cnc[nH]1)C(=O)NCC(=C)N.CCCCC(N)C(=O)NCC.CNC(Cc1c(SC)[nH]c2c1CCC=C2)C(N)=O.Pc1ccccc1. The van der Waals surface area contributed by atoms with Crippen LogP contribution >= 0.6 is 21.0 Å². The van der Waals surface area contributed by atoms with Crippen molar-refractivity contribution in [2.45, 2.75) is 108 Å². The first kappa shape index (κ1) is 68.9. The largest absolute Gasteiger partial charge is 0.405 e. The summed E-state index contributed by atoms with van der Waals surface area (Å²) in [5.41, 5.74) is 38.0. The van der Waals surface area contributed by atoms with Crippen LogP contribution < -0.4 is 61.0 Å². The molecule has 426 valence electrons. The van der Waals surface area contributed by atoms with Crippen LogP contribution in [0.25, 0.3) is 16.8 Å². The maximum Gasteiger partial charge on any atom is 0.243 e. The number of aromatic nitrogens is 3. The van der Waals surface area contributed by atoms with E-state index in [9.17, 15) is 14.4 Å². The molecule has 3 amide bonds. The Kier molecular flexibility index (Phi) is 37.1. The number of carbonyl (C=O) groups excluding carboxylic acids is 3. The Hall–Kier alpha value is -7.11. The maximum atomic E-state index is 11.8. The second kappa shape index (κ2) is 42.0. The van der Waals surface area contributed by atoms with E-state index in [1.807, 2.05) is 43.5 Å². The normalized spacial score (nSPS) is 12.2. The van der Waals surface area contributed by atoms with Gasteiger partial charge in [0.1, 0.15) is 6.04 Å². The summed E-state index contributed by atoms with van der Waals surface area (Å²) in [5.74, 6) is 0.190. The fourth-order valence-electron chi connectivity index (χ4n) is 7.69. The predicted molar refractivity (Wildman–Crippen MR) is 334 cm³/mol. The lowest BCUT2D eigenvalue weighted by atomic mass is 9.93. The van der Waals surface area contributed by atoms with E-state index in [0.29, 0.717) is 37.5 Å². The third-order valence-corrected chi connectivity index (χ3v) is 12.9. The molecule has 0 radical (unpaired) electrons. The van der Waals surface area contributed by atoms with Crippen LogP contribution in [-0.2, 0) is 40.1 Å². The molecule has 5 unspecified atom stereocenters. The van der Waals surface area contributed by atoms with Crippen molar-refractivity contribution in [3.63, 3.8) is 0 Å². The molecule has 0 bridgehead atoms. The molecule has 1 aliphatic carbocycles. The van der Waals surface area contributed by atoms with E-state index in [4.69, 9.17) is 28.7 Å². The van der Waals surface area contributed by atoms with Crippen LogP contribution in [0.5, 0.6) is 0 Å². The third kappa shape index (κ3) is 29.4. The zero-order valence-electron chi connectivity index (χ0n) is 46.6. The molecule has 0 fully saturated rings. The molecule has 17 nitrogen and oxygen atoms in total. The summed E-state index contributed by atoms with van der Waals surface area (Å²) in [6.07, 6.45) is 24.8. The fraction of sp³-hybridized carbons (Fsp3) is 0.373. The molecule has 78 heavy (non-hydrogen) atoms. The molecule has 2 aromatic heterocycles. The van der Waals surface area contributed by atoms with Gasteiger partial charge in [-0.25, -0.2) is 4.98 Å². The molecule has 5 atom stereocenters. The predicted octanol–water partition coefficient (Wildman–Crippen LogP) is 6.50. The van der Waals surface area contributed by atoms with E-state index in [1.165, 1.54) is 50.9 Å². The molecule has 0 aliphatic heterocycles. The molecule has 5 aromatic rings. The molecule has 0 spiro atoms. The number of guanidine groups is 1. The van der Waals surface area contributed by atoms with Gasteiger partial charge in [-0.1, -0.05) is 131 Å². The Morgan fingerprint density at radius 2 is 1.58 bits per heavy atom. The van der Waals surface area contributed by atoms with Crippen molar-refractivity contribution in [1.82, 2.24) is 36.2 Å². The number of fused-ring (bicyclic) bond motifs is 2. The Bertz CT molecular complexity index is 2560.